The van der Waals surface area contributed by atoms with Crippen molar-refractivity contribution in [2.45, 2.75) is 24.8 Å². The van der Waals surface area contributed by atoms with E-state index in [4.69, 9.17) is 10.2 Å². The van der Waals surface area contributed by atoms with Crippen LogP contribution >= 0.6 is 34.9 Å². The number of carboxylic acid groups (broad SMARTS) is 1. The van der Waals surface area contributed by atoms with E-state index in [9.17, 15) is 24.7 Å². The second-order valence-corrected chi connectivity index (χ2v) is 10.1. The first-order valence-corrected chi connectivity index (χ1v) is 12.4. The summed E-state index contributed by atoms with van der Waals surface area (Å²) in [5.41, 5.74) is 5.77. The summed E-state index contributed by atoms with van der Waals surface area (Å²) in [6, 6.07) is -0.991. The molecule has 0 aliphatic carbocycles. The van der Waals surface area contributed by atoms with Gasteiger partial charge in [-0.15, -0.1) is 34.9 Å². The molecule has 0 radical (unpaired) electrons. The Labute approximate surface area is 227 Å². The predicted molar refractivity (Wildman–Crippen MR) is 119 cm³/mol. The van der Waals surface area contributed by atoms with Crippen LogP contribution in [-0.2, 0) is 20.8 Å². The molecule has 2 aliphatic rings. The van der Waals surface area contributed by atoms with Gasteiger partial charge in [0, 0.05) is 35.1 Å². The fourth-order valence-electron chi connectivity index (χ4n) is 3.31. The number of carbonyl (C=O) groups excluding carboxylic acids is 3. The van der Waals surface area contributed by atoms with Crippen LogP contribution in [0.25, 0.3) is 0 Å². The number of aromatic nitrogens is 2. The molecule has 0 unspecified atom stereocenters. The van der Waals surface area contributed by atoms with E-state index in [0.717, 1.165) is 21.9 Å². The number of aryl methyl sites for hydroxylation is 2. The third kappa shape index (κ3) is 5.28. The van der Waals surface area contributed by atoms with Gasteiger partial charge in [-0.05, 0) is 0 Å². The summed E-state index contributed by atoms with van der Waals surface area (Å²) in [7, 11) is 0. The van der Waals surface area contributed by atoms with E-state index in [-0.39, 0.29) is 46.1 Å². The Kier molecular flexibility index (Phi) is 8.70. The van der Waals surface area contributed by atoms with E-state index in [2.05, 4.69) is 20.4 Å². The fraction of sp³-hybridized carbons (Fsp3) is 0.333. The molecule has 12 nitrogen and oxygen atoms in total. The van der Waals surface area contributed by atoms with Crippen molar-refractivity contribution in [3.8, 4) is 0 Å². The number of oxime groups is 1. The van der Waals surface area contributed by atoms with Gasteiger partial charge < -0.3 is 30.6 Å². The smallest absolute Gasteiger partial charge is 0.543 e. The normalized spacial score (nSPS) is 19.9. The summed E-state index contributed by atoms with van der Waals surface area (Å²) >= 11 is 3.68. The van der Waals surface area contributed by atoms with Crippen LogP contribution in [0.4, 0.5) is 5.13 Å². The molecule has 174 valence electrons. The number of β-lactam (4-membered cyclic amide) rings is 1. The largest absolute Gasteiger partial charge is 1.00 e. The van der Waals surface area contributed by atoms with Crippen molar-refractivity contribution in [1.82, 2.24) is 20.2 Å². The van der Waals surface area contributed by atoms with Crippen molar-refractivity contribution in [2.75, 3.05) is 17.2 Å². The molecular formula is C18H17N6NaO6S3. The summed E-state index contributed by atoms with van der Waals surface area (Å²) < 4.78 is 5.16. The zero-order valence-corrected chi connectivity index (χ0v) is 22.5. The number of thioether (sulfide) groups is 2. The summed E-state index contributed by atoms with van der Waals surface area (Å²) in [4.78, 5) is 46.9. The maximum absolute atomic E-state index is 12.7. The molecule has 4 N–H and O–H groups in total. The molecule has 0 aromatic carbocycles. The van der Waals surface area contributed by atoms with E-state index in [1.807, 2.05) is 0 Å². The molecule has 0 spiro atoms. The number of anilines is 1. The van der Waals surface area contributed by atoms with Gasteiger partial charge >= 0.3 is 29.6 Å². The molecule has 2 aliphatic heterocycles. The Bertz CT molecular complexity index is 1180. The van der Waals surface area contributed by atoms with Crippen LogP contribution in [0.15, 0.2) is 31.8 Å². The number of nitrogens with two attached hydrogens (primary N) is 1. The molecule has 4 rings (SSSR count). The first kappa shape index (κ1) is 26.6. The molecule has 0 saturated carbocycles. The van der Waals surface area contributed by atoms with Crippen LogP contribution in [0, 0.1) is 6.92 Å². The number of aliphatic carboxylic acids is 1. The van der Waals surface area contributed by atoms with E-state index < -0.39 is 34.9 Å². The van der Waals surface area contributed by atoms with Crippen LogP contribution in [-0.4, -0.2) is 66.5 Å². The number of nitrogens with one attached hydrogen (secondary N) is 1. The molecule has 2 atom stereocenters. The quantitative estimate of drug-likeness (QED) is 0.101. The first-order chi connectivity index (χ1) is 15.8. The summed E-state index contributed by atoms with van der Waals surface area (Å²) in [6.45, 7) is 1.73. The van der Waals surface area contributed by atoms with E-state index in [1.165, 1.54) is 28.9 Å². The Balaban J connectivity index is 0.00000324. The van der Waals surface area contributed by atoms with Crippen LogP contribution in [0.5, 0.6) is 0 Å². The number of nitrogens with zero attached hydrogens (tertiary/aromatic N) is 4. The number of hydrogen-bond acceptors (Lipinski definition) is 13. The second-order valence-electron chi connectivity index (χ2n) is 6.90. The Morgan fingerprint density at radius 2 is 2.24 bits per heavy atom. The monoisotopic (exact) mass is 532 g/mol. The molecule has 2 amide bonds. The average molecular weight is 533 g/mol. The number of carbonyl (C=O) groups is 3. The summed E-state index contributed by atoms with van der Waals surface area (Å²) in [6.07, 6.45) is 2.11. The maximum Gasteiger partial charge on any atom is 1.00 e. The van der Waals surface area contributed by atoms with Crippen molar-refractivity contribution in [2.24, 2.45) is 5.16 Å². The van der Waals surface area contributed by atoms with Gasteiger partial charge in [0.1, 0.15) is 23.4 Å². The van der Waals surface area contributed by atoms with Crippen LogP contribution in [0.2, 0.25) is 0 Å². The minimum atomic E-state index is -1.46. The van der Waals surface area contributed by atoms with Crippen LogP contribution < -0.4 is 45.7 Å². The van der Waals surface area contributed by atoms with Gasteiger partial charge in [0.05, 0.1) is 17.4 Å². The SMILES string of the molecule is Cc1nc(CCSC2=C(C(=O)[O-])N3C(=O)[C@@H](NC(=O)/C(=N\O)c4csc(N)n4)[C@H]3SC2)co1.[Na+]. The van der Waals surface area contributed by atoms with Gasteiger partial charge in [0.15, 0.2) is 16.7 Å². The Morgan fingerprint density at radius 1 is 1.47 bits per heavy atom. The maximum atomic E-state index is 12.7. The summed E-state index contributed by atoms with van der Waals surface area (Å²) in [5, 5.41) is 27.5. The van der Waals surface area contributed by atoms with Crippen molar-refractivity contribution in [3.63, 3.8) is 0 Å². The van der Waals surface area contributed by atoms with Crippen molar-refractivity contribution >= 4 is 63.5 Å². The number of nitrogen functional groups attached to an aromatic ring is 1. The number of oxazole rings is 1. The molecular weight excluding hydrogens is 515 g/mol. The fourth-order valence-corrected chi connectivity index (χ4v) is 6.47. The second kappa shape index (κ2) is 11.1. The number of rotatable bonds is 8. The Morgan fingerprint density at radius 3 is 2.82 bits per heavy atom. The third-order valence-electron chi connectivity index (χ3n) is 4.79. The number of fused-ring (bicyclic) bond motifs is 1. The molecule has 4 heterocycles. The Hall–Kier alpha value is -2.04. The standard InChI is InChI=1S/C18H18N6O6S3.Na/c1-7-20-8(4-30-7)2-3-31-10-6-32-16-12(15(26)24(16)13(10)17(27)28)22-14(25)11(23-29)9-5-33-18(19)21-9;/h4-5,12,16,29H,2-3,6H2,1H3,(H2,19,21)(H,22,25)(H,27,28);/q;+1/p-1/b23-11-;/t12-,16-;/m1./s1. The minimum absolute atomic E-state index is 0. The molecule has 1 saturated heterocycles. The van der Waals surface area contributed by atoms with Crippen molar-refractivity contribution in [3.05, 3.63) is 39.5 Å². The molecule has 0 bridgehead atoms. The first-order valence-electron chi connectivity index (χ1n) is 9.47. The van der Waals surface area contributed by atoms with Crippen molar-refractivity contribution in [1.29, 1.82) is 0 Å². The van der Waals surface area contributed by atoms with Crippen molar-refractivity contribution < 1.29 is 58.7 Å². The minimum Gasteiger partial charge on any atom is -0.543 e. The van der Waals surface area contributed by atoms with Gasteiger partial charge in [0.2, 0.25) is 0 Å². The summed E-state index contributed by atoms with van der Waals surface area (Å²) in [5.74, 6) is -1.47. The molecule has 2 aromatic rings. The average Bonchev–Trinajstić information content (AvgIpc) is 3.39. The topological polar surface area (TPSA) is 187 Å². The van der Waals surface area contributed by atoms with Gasteiger partial charge in [-0.25, -0.2) is 9.97 Å². The zero-order chi connectivity index (χ0) is 23.7. The number of thiazole rings is 1. The molecule has 34 heavy (non-hydrogen) atoms. The van der Waals surface area contributed by atoms with Gasteiger partial charge in [-0.1, -0.05) is 5.16 Å². The molecule has 2 aromatic heterocycles. The van der Waals surface area contributed by atoms with Gasteiger partial charge in [-0.2, -0.15) is 0 Å². The van der Waals surface area contributed by atoms with E-state index in [0.29, 0.717) is 28.7 Å². The van der Waals surface area contributed by atoms with Crippen LogP contribution in [0.1, 0.15) is 17.3 Å². The number of hydrogen-bond donors (Lipinski definition) is 3. The number of amides is 2. The van der Waals surface area contributed by atoms with Gasteiger partial charge in [-0.3, -0.25) is 14.5 Å². The van der Waals surface area contributed by atoms with E-state index >= 15 is 0 Å². The molecule has 1 fully saturated rings. The number of carboxylic acids is 1. The van der Waals surface area contributed by atoms with Gasteiger partial charge in [0.25, 0.3) is 11.8 Å². The predicted octanol–water partition coefficient (Wildman–Crippen LogP) is -3.46. The molecule has 16 heteroatoms. The van der Waals surface area contributed by atoms with Crippen LogP contribution in [0.3, 0.4) is 0 Å². The zero-order valence-electron chi connectivity index (χ0n) is 18.0. The van der Waals surface area contributed by atoms with E-state index in [1.54, 1.807) is 13.2 Å². The third-order valence-corrected chi connectivity index (χ3v) is 8.02.